The van der Waals surface area contributed by atoms with E-state index in [1.54, 1.807) is 13.4 Å². The molecule has 1 aromatic rings. The van der Waals surface area contributed by atoms with Gasteiger partial charge in [0.05, 0.1) is 0 Å². The fraction of sp³-hybridized carbons (Fsp3) is 0.800. The van der Waals surface area contributed by atoms with Gasteiger partial charge >= 0.3 is 0 Å². The van der Waals surface area contributed by atoms with Gasteiger partial charge in [-0.05, 0) is 12.5 Å². The third-order valence-corrected chi connectivity index (χ3v) is 2.27. The molecule has 1 atom stereocenters. The van der Waals surface area contributed by atoms with E-state index in [0.717, 1.165) is 31.9 Å². The third kappa shape index (κ3) is 4.40. The number of methoxy groups -OCH3 is 1. The Kier molecular flexibility index (Phi) is 5.28. The Labute approximate surface area is 90.8 Å². The maximum atomic E-state index is 5.06. The molecule has 0 aliphatic heterocycles. The molecule has 1 N–H and O–H groups in total. The lowest BCUT2D eigenvalue weighted by Gasteiger charge is -2.10. The van der Waals surface area contributed by atoms with Crippen LogP contribution < -0.4 is 5.32 Å². The number of nitrogens with one attached hydrogen (secondary N) is 1. The fourth-order valence-corrected chi connectivity index (χ4v) is 1.43. The highest BCUT2D eigenvalue weighted by Gasteiger charge is 2.02. The Hall–Kier alpha value is -0.940. The zero-order valence-electron chi connectivity index (χ0n) is 9.73. The molecule has 0 fully saturated rings. The number of ether oxygens (including phenoxy) is 1. The monoisotopic (exact) mass is 212 g/mol. The van der Waals surface area contributed by atoms with Gasteiger partial charge in [-0.25, -0.2) is 0 Å². The van der Waals surface area contributed by atoms with Gasteiger partial charge in [-0.2, -0.15) is 0 Å². The summed E-state index contributed by atoms with van der Waals surface area (Å²) in [4.78, 5) is 0. The molecule has 0 saturated heterocycles. The average Bonchev–Trinajstić information content (AvgIpc) is 2.60. The van der Waals surface area contributed by atoms with Crippen LogP contribution >= 0.6 is 0 Å². The van der Waals surface area contributed by atoms with E-state index in [1.165, 1.54) is 0 Å². The molecule has 5 nitrogen and oxygen atoms in total. The fourth-order valence-electron chi connectivity index (χ4n) is 1.43. The summed E-state index contributed by atoms with van der Waals surface area (Å²) in [6, 6.07) is 0. The smallest absolute Gasteiger partial charge is 0.133 e. The summed E-state index contributed by atoms with van der Waals surface area (Å²) in [5.41, 5.74) is 0. The molecule has 0 amide bonds. The minimum Gasteiger partial charge on any atom is -0.384 e. The van der Waals surface area contributed by atoms with Crippen molar-refractivity contribution >= 4 is 0 Å². The van der Waals surface area contributed by atoms with Crippen LogP contribution in [-0.4, -0.2) is 41.6 Å². The average molecular weight is 212 g/mol. The number of hydrogen-bond acceptors (Lipinski definition) is 4. The van der Waals surface area contributed by atoms with Crippen LogP contribution in [0.4, 0.5) is 0 Å². The van der Waals surface area contributed by atoms with Crippen LogP contribution in [0.15, 0.2) is 6.33 Å². The number of aromatic nitrogens is 3. The van der Waals surface area contributed by atoms with E-state index >= 15 is 0 Å². The molecule has 15 heavy (non-hydrogen) atoms. The zero-order chi connectivity index (χ0) is 11.1. The van der Waals surface area contributed by atoms with Gasteiger partial charge in [0, 0.05) is 33.7 Å². The van der Waals surface area contributed by atoms with Gasteiger partial charge in [0.2, 0.25) is 0 Å². The van der Waals surface area contributed by atoms with Crippen molar-refractivity contribution < 1.29 is 4.74 Å². The molecule has 0 aliphatic carbocycles. The molecular weight excluding hydrogens is 192 g/mol. The van der Waals surface area contributed by atoms with Gasteiger partial charge in [-0.3, -0.25) is 0 Å². The Balaban J connectivity index is 2.09. The van der Waals surface area contributed by atoms with Crippen molar-refractivity contribution in [3.63, 3.8) is 0 Å². The summed E-state index contributed by atoms with van der Waals surface area (Å²) in [6.07, 6.45) is 2.64. The summed E-state index contributed by atoms with van der Waals surface area (Å²) in [5, 5.41) is 11.2. The van der Waals surface area contributed by atoms with E-state index in [4.69, 9.17) is 4.74 Å². The van der Waals surface area contributed by atoms with Crippen LogP contribution in [-0.2, 0) is 18.2 Å². The maximum Gasteiger partial charge on any atom is 0.133 e. The third-order valence-electron chi connectivity index (χ3n) is 2.27. The first-order valence-corrected chi connectivity index (χ1v) is 5.26. The van der Waals surface area contributed by atoms with Gasteiger partial charge in [0.1, 0.15) is 12.2 Å². The summed E-state index contributed by atoms with van der Waals surface area (Å²) >= 11 is 0. The van der Waals surface area contributed by atoms with Crippen molar-refractivity contribution in [2.24, 2.45) is 13.0 Å². The lowest BCUT2D eigenvalue weighted by Crippen LogP contribution is -2.26. The molecule has 5 heteroatoms. The van der Waals surface area contributed by atoms with Gasteiger partial charge in [-0.1, -0.05) is 6.92 Å². The Bertz CT molecular complexity index is 274. The highest BCUT2D eigenvalue weighted by Crippen LogP contribution is 1.94. The number of aryl methyl sites for hydroxylation is 1. The molecule has 1 heterocycles. The molecule has 86 valence electrons. The van der Waals surface area contributed by atoms with Crippen molar-refractivity contribution in [2.45, 2.75) is 13.3 Å². The van der Waals surface area contributed by atoms with Gasteiger partial charge < -0.3 is 14.6 Å². The van der Waals surface area contributed by atoms with Crippen LogP contribution in [0.5, 0.6) is 0 Å². The van der Waals surface area contributed by atoms with E-state index in [0.29, 0.717) is 5.92 Å². The Morgan fingerprint density at radius 1 is 1.60 bits per heavy atom. The van der Waals surface area contributed by atoms with Crippen LogP contribution in [0.1, 0.15) is 12.7 Å². The second-order valence-electron chi connectivity index (χ2n) is 3.87. The minimum atomic E-state index is 0.550. The van der Waals surface area contributed by atoms with E-state index in [-0.39, 0.29) is 0 Å². The first-order valence-electron chi connectivity index (χ1n) is 5.26. The quantitative estimate of drug-likeness (QED) is 0.657. The van der Waals surface area contributed by atoms with E-state index < -0.39 is 0 Å². The van der Waals surface area contributed by atoms with E-state index in [2.05, 4.69) is 22.4 Å². The molecular formula is C10H20N4O. The molecule has 1 rings (SSSR count). The molecule has 0 aromatic carbocycles. The second kappa shape index (κ2) is 6.53. The van der Waals surface area contributed by atoms with Crippen LogP contribution in [0.3, 0.4) is 0 Å². The summed E-state index contributed by atoms with van der Waals surface area (Å²) in [5.74, 6) is 1.57. The van der Waals surface area contributed by atoms with Gasteiger partial charge in [0.15, 0.2) is 0 Å². The Morgan fingerprint density at radius 2 is 2.40 bits per heavy atom. The molecule has 0 saturated carbocycles. The molecule has 0 spiro atoms. The van der Waals surface area contributed by atoms with Crippen LogP contribution in [0.2, 0.25) is 0 Å². The van der Waals surface area contributed by atoms with Crippen molar-refractivity contribution in [3.05, 3.63) is 12.2 Å². The van der Waals surface area contributed by atoms with Crippen molar-refractivity contribution in [3.8, 4) is 0 Å². The lowest BCUT2D eigenvalue weighted by atomic mass is 10.2. The minimum absolute atomic E-state index is 0.550. The van der Waals surface area contributed by atoms with Crippen LogP contribution in [0.25, 0.3) is 0 Å². The van der Waals surface area contributed by atoms with Crippen molar-refractivity contribution in [1.29, 1.82) is 0 Å². The molecule has 0 radical (unpaired) electrons. The first kappa shape index (κ1) is 12.1. The highest BCUT2D eigenvalue weighted by atomic mass is 16.5. The van der Waals surface area contributed by atoms with Gasteiger partial charge in [-0.15, -0.1) is 10.2 Å². The normalized spacial score (nSPS) is 13.0. The number of hydrogen-bond donors (Lipinski definition) is 1. The number of nitrogens with zero attached hydrogens (tertiary/aromatic N) is 3. The maximum absolute atomic E-state index is 5.06. The first-order chi connectivity index (χ1) is 7.24. The molecule has 0 bridgehead atoms. The zero-order valence-corrected chi connectivity index (χ0v) is 9.73. The predicted octanol–water partition coefficient (Wildman–Crippen LogP) is 0.230. The Morgan fingerprint density at radius 3 is 3.00 bits per heavy atom. The van der Waals surface area contributed by atoms with E-state index in [1.807, 2.05) is 11.6 Å². The SMILES string of the molecule is COCC(C)CNCCc1nncn1C. The topological polar surface area (TPSA) is 52.0 Å². The van der Waals surface area contributed by atoms with E-state index in [9.17, 15) is 0 Å². The summed E-state index contributed by atoms with van der Waals surface area (Å²) < 4.78 is 7.00. The van der Waals surface area contributed by atoms with Crippen molar-refractivity contribution in [1.82, 2.24) is 20.1 Å². The second-order valence-corrected chi connectivity index (χ2v) is 3.87. The molecule has 1 unspecified atom stereocenters. The van der Waals surface area contributed by atoms with Crippen molar-refractivity contribution in [2.75, 3.05) is 26.8 Å². The number of rotatable bonds is 7. The summed E-state index contributed by atoms with van der Waals surface area (Å²) in [7, 11) is 3.69. The summed E-state index contributed by atoms with van der Waals surface area (Å²) in [6.45, 7) is 4.88. The molecule has 0 aliphatic rings. The molecule has 1 aromatic heterocycles. The highest BCUT2D eigenvalue weighted by molar-refractivity contribution is 4.84. The predicted molar refractivity (Wildman–Crippen MR) is 58.6 cm³/mol. The van der Waals surface area contributed by atoms with Crippen LogP contribution in [0, 0.1) is 5.92 Å². The largest absolute Gasteiger partial charge is 0.384 e. The lowest BCUT2D eigenvalue weighted by molar-refractivity contribution is 0.158. The van der Waals surface area contributed by atoms with Gasteiger partial charge in [0.25, 0.3) is 0 Å². The standard InChI is InChI=1S/C10H20N4O/c1-9(7-15-3)6-11-5-4-10-13-12-8-14(10)2/h8-9,11H,4-7H2,1-3H3.